The first-order valence-corrected chi connectivity index (χ1v) is 3.73. The number of hydrogen-bond donors (Lipinski definition) is 1. The maximum atomic E-state index is 10.2. The van der Waals surface area contributed by atoms with E-state index in [2.05, 4.69) is 21.1 Å². The second kappa shape index (κ2) is 3.04. The van der Waals surface area contributed by atoms with Gasteiger partial charge in [-0.1, -0.05) is 5.16 Å². The van der Waals surface area contributed by atoms with Crippen molar-refractivity contribution in [3.8, 4) is 0 Å². The van der Waals surface area contributed by atoms with E-state index in [1.54, 1.807) is 6.92 Å². The van der Waals surface area contributed by atoms with Gasteiger partial charge in [-0.05, 0) is 22.9 Å². The molecule has 0 radical (unpaired) electrons. The first-order chi connectivity index (χ1) is 5.11. The summed E-state index contributed by atoms with van der Waals surface area (Å²) >= 11 is 3.16. The van der Waals surface area contributed by atoms with Crippen molar-refractivity contribution < 1.29 is 14.4 Å². The van der Waals surface area contributed by atoms with Crippen molar-refractivity contribution in [3.05, 3.63) is 15.9 Å². The molecule has 0 aromatic carbocycles. The predicted molar refractivity (Wildman–Crippen MR) is 40.3 cm³/mol. The maximum absolute atomic E-state index is 10.2. The van der Waals surface area contributed by atoms with Gasteiger partial charge < -0.3 is 9.63 Å². The summed E-state index contributed by atoms with van der Waals surface area (Å²) < 4.78 is 5.37. The van der Waals surface area contributed by atoms with Gasteiger partial charge in [0.1, 0.15) is 6.42 Å². The molecule has 0 unspecified atom stereocenters. The highest BCUT2D eigenvalue weighted by molar-refractivity contribution is 9.10. The number of aromatic nitrogens is 1. The van der Waals surface area contributed by atoms with Crippen molar-refractivity contribution in [2.24, 2.45) is 0 Å². The smallest absolute Gasteiger partial charge is 0.311 e. The molecule has 1 N–H and O–H groups in total. The van der Waals surface area contributed by atoms with Crippen LogP contribution < -0.4 is 0 Å². The van der Waals surface area contributed by atoms with Gasteiger partial charge in [-0.15, -0.1) is 0 Å². The summed E-state index contributed by atoms with van der Waals surface area (Å²) in [5, 5.41) is 12.0. The molecular weight excluding hydrogens is 214 g/mol. The summed E-state index contributed by atoms with van der Waals surface area (Å²) in [5.41, 5.74) is 0.668. The minimum absolute atomic E-state index is 0.137. The van der Waals surface area contributed by atoms with Crippen molar-refractivity contribution in [2.45, 2.75) is 13.3 Å². The molecule has 0 saturated heterocycles. The maximum Gasteiger partial charge on any atom is 0.311 e. The van der Waals surface area contributed by atoms with E-state index < -0.39 is 5.97 Å². The molecule has 1 aromatic heterocycles. The van der Waals surface area contributed by atoms with Crippen molar-refractivity contribution in [1.82, 2.24) is 5.16 Å². The van der Waals surface area contributed by atoms with Gasteiger partial charge in [0.05, 0.1) is 10.2 Å². The highest BCUT2D eigenvalue weighted by Gasteiger charge is 2.12. The zero-order valence-corrected chi connectivity index (χ0v) is 7.38. The molecule has 4 nitrogen and oxygen atoms in total. The standard InChI is InChI=1S/C6H6BrNO3/c1-3-6(7)4(11-8-3)2-5(9)10/h2H2,1H3,(H,9,10). The topological polar surface area (TPSA) is 63.3 Å². The SMILES string of the molecule is Cc1noc(CC(=O)O)c1Br. The van der Waals surface area contributed by atoms with Crippen LogP contribution in [0.3, 0.4) is 0 Å². The molecule has 1 heterocycles. The molecule has 60 valence electrons. The largest absolute Gasteiger partial charge is 0.481 e. The van der Waals surface area contributed by atoms with Crippen LogP contribution >= 0.6 is 15.9 Å². The fraction of sp³-hybridized carbons (Fsp3) is 0.333. The number of aliphatic carboxylic acids is 1. The molecule has 0 amide bonds. The van der Waals surface area contributed by atoms with Crippen LogP contribution in [0, 0.1) is 6.92 Å². The van der Waals surface area contributed by atoms with E-state index in [1.165, 1.54) is 0 Å². The van der Waals surface area contributed by atoms with Crippen LogP contribution in [-0.2, 0) is 11.2 Å². The van der Waals surface area contributed by atoms with Gasteiger partial charge in [0.15, 0.2) is 5.76 Å². The average Bonchev–Trinajstić information content (AvgIpc) is 2.18. The molecule has 0 fully saturated rings. The van der Waals surface area contributed by atoms with Gasteiger partial charge in [-0.2, -0.15) is 0 Å². The summed E-state index contributed by atoms with van der Waals surface area (Å²) in [4.78, 5) is 10.2. The van der Waals surface area contributed by atoms with Crippen molar-refractivity contribution in [1.29, 1.82) is 0 Å². The lowest BCUT2D eigenvalue weighted by atomic mass is 10.3. The number of hydrogen-bond acceptors (Lipinski definition) is 3. The number of carbonyl (C=O) groups is 1. The third-order valence-corrected chi connectivity index (χ3v) is 2.18. The summed E-state index contributed by atoms with van der Waals surface area (Å²) in [6.07, 6.45) is -0.137. The van der Waals surface area contributed by atoms with Crippen molar-refractivity contribution in [2.75, 3.05) is 0 Å². The molecule has 11 heavy (non-hydrogen) atoms. The van der Waals surface area contributed by atoms with Gasteiger partial charge >= 0.3 is 5.97 Å². The third kappa shape index (κ3) is 1.80. The Morgan fingerprint density at radius 1 is 1.82 bits per heavy atom. The molecule has 0 aliphatic heterocycles. The van der Waals surface area contributed by atoms with E-state index in [-0.39, 0.29) is 6.42 Å². The Morgan fingerprint density at radius 3 is 2.82 bits per heavy atom. The Balaban J connectivity index is 2.87. The first kappa shape index (κ1) is 8.26. The minimum atomic E-state index is -0.929. The zero-order chi connectivity index (χ0) is 8.43. The number of carboxylic acids is 1. The fourth-order valence-corrected chi connectivity index (χ4v) is 0.938. The van der Waals surface area contributed by atoms with Crippen molar-refractivity contribution in [3.63, 3.8) is 0 Å². The molecule has 1 rings (SSSR count). The molecule has 1 aromatic rings. The predicted octanol–water partition coefficient (Wildman–Crippen LogP) is 1.37. The van der Waals surface area contributed by atoms with E-state index in [9.17, 15) is 4.79 Å². The lowest BCUT2D eigenvalue weighted by Crippen LogP contribution is -1.98. The summed E-state index contributed by atoms with van der Waals surface area (Å²) in [6, 6.07) is 0. The molecular formula is C6H6BrNO3. The van der Waals surface area contributed by atoms with Crippen LogP contribution in [0.5, 0.6) is 0 Å². The highest BCUT2D eigenvalue weighted by atomic mass is 79.9. The number of nitrogens with zero attached hydrogens (tertiary/aromatic N) is 1. The molecule has 0 spiro atoms. The summed E-state index contributed by atoms with van der Waals surface area (Å²) in [6.45, 7) is 1.74. The monoisotopic (exact) mass is 219 g/mol. The van der Waals surface area contributed by atoms with Crippen LogP contribution in [0.1, 0.15) is 11.5 Å². The number of halogens is 1. The van der Waals surface area contributed by atoms with Crippen LogP contribution in [-0.4, -0.2) is 16.2 Å². The van der Waals surface area contributed by atoms with Gasteiger partial charge in [-0.3, -0.25) is 4.79 Å². The first-order valence-electron chi connectivity index (χ1n) is 2.93. The Labute approximate surface area is 71.3 Å². The lowest BCUT2D eigenvalue weighted by molar-refractivity contribution is -0.136. The molecule has 0 saturated carbocycles. The van der Waals surface area contributed by atoms with Crippen molar-refractivity contribution >= 4 is 21.9 Å². The minimum Gasteiger partial charge on any atom is -0.481 e. The fourth-order valence-electron chi connectivity index (χ4n) is 0.653. The number of carboxylic acid groups (broad SMARTS) is 1. The zero-order valence-electron chi connectivity index (χ0n) is 5.80. The van der Waals surface area contributed by atoms with Gasteiger partial charge in [0, 0.05) is 0 Å². The van der Waals surface area contributed by atoms with E-state index in [0.717, 1.165) is 0 Å². The third-order valence-electron chi connectivity index (χ3n) is 1.17. The molecule has 0 bridgehead atoms. The number of rotatable bonds is 2. The average molecular weight is 220 g/mol. The second-order valence-electron chi connectivity index (χ2n) is 2.08. The molecule has 0 atom stereocenters. The van der Waals surface area contributed by atoms with Crippen LogP contribution in [0.25, 0.3) is 0 Å². The Morgan fingerprint density at radius 2 is 2.45 bits per heavy atom. The van der Waals surface area contributed by atoms with E-state index in [1.807, 2.05) is 0 Å². The molecule has 5 heteroatoms. The highest BCUT2D eigenvalue weighted by Crippen LogP contribution is 2.20. The van der Waals surface area contributed by atoms with E-state index >= 15 is 0 Å². The molecule has 0 aliphatic rings. The Bertz CT molecular complexity index is 281. The summed E-state index contributed by atoms with van der Waals surface area (Å²) in [7, 11) is 0. The van der Waals surface area contributed by atoms with E-state index in [0.29, 0.717) is 15.9 Å². The van der Waals surface area contributed by atoms with Gasteiger partial charge in [-0.25, -0.2) is 0 Å². The normalized spacial score (nSPS) is 10.0. The van der Waals surface area contributed by atoms with Gasteiger partial charge in [0.2, 0.25) is 0 Å². The quantitative estimate of drug-likeness (QED) is 0.817. The number of aryl methyl sites for hydroxylation is 1. The van der Waals surface area contributed by atoms with Gasteiger partial charge in [0.25, 0.3) is 0 Å². The Kier molecular flexibility index (Phi) is 2.28. The van der Waals surface area contributed by atoms with Crippen LogP contribution in [0.4, 0.5) is 0 Å². The molecule has 0 aliphatic carbocycles. The van der Waals surface area contributed by atoms with Crippen LogP contribution in [0.2, 0.25) is 0 Å². The Hall–Kier alpha value is -0.840. The summed E-state index contributed by atoms with van der Waals surface area (Å²) in [5.74, 6) is -0.572. The van der Waals surface area contributed by atoms with E-state index in [4.69, 9.17) is 9.63 Å². The van der Waals surface area contributed by atoms with Crippen LogP contribution in [0.15, 0.2) is 9.00 Å². The lowest BCUT2D eigenvalue weighted by Gasteiger charge is -1.87. The second-order valence-corrected chi connectivity index (χ2v) is 2.87.